The van der Waals surface area contributed by atoms with E-state index in [0.29, 0.717) is 22.9 Å². The number of fused-ring (bicyclic) bond motifs is 2. The molecule has 0 aliphatic heterocycles. The second-order valence-corrected chi connectivity index (χ2v) is 12.1. The predicted molar refractivity (Wildman–Crippen MR) is 123 cm³/mol. The molecule has 3 bridgehead atoms. The first-order chi connectivity index (χ1) is 15.0. The molecule has 2 aromatic carbocycles. The molecule has 4 saturated carbocycles. The SMILES string of the molecule is CNS(=O)(=O)c1ccc(NC2C3CC4CC5CC2CC45C3)c(NCc2ccccc2)c1. The van der Waals surface area contributed by atoms with Crippen molar-refractivity contribution in [1.82, 2.24) is 4.72 Å². The van der Waals surface area contributed by atoms with Gasteiger partial charge in [0.15, 0.2) is 0 Å². The lowest BCUT2D eigenvalue weighted by molar-refractivity contribution is 0.000288. The highest BCUT2D eigenvalue weighted by atomic mass is 32.2. The molecule has 164 valence electrons. The molecule has 0 amide bonds. The van der Waals surface area contributed by atoms with Crippen molar-refractivity contribution < 1.29 is 8.42 Å². The zero-order valence-electron chi connectivity index (χ0n) is 18.0. The lowest BCUT2D eigenvalue weighted by atomic mass is 9.56. The van der Waals surface area contributed by atoms with Gasteiger partial charge in [-0.05, 0) is 92.0 Å². The maximum absolute atomic E-state index is 12.4. The van der Waals surface area contributed by atoms with Gasteiger partial charge >= 0.3 is 0 Å². The van der Waals surface area contributed by atoms with Crippen molar-refractivity contribution in [1.29, 1.82) is 0 Å². The number of anilines is 2. The van der Waals surface area contributed by atoms with E-state index in [1.807, 2.05) is 24.3 Å². The summed E-state index contributed by atoms with van der Waals surface area (Å²) >= 11 is 0. The van der Waals surface area contributed by atoms with E-state index >= 15 is 0 Å². The minimum Gasteiger partial charge on any atom is -0.380 e. The smallest absolute Gasteiger partial charge is 0.240 e. The van der Waals surface area contributed by atoms with Crippen LogP contribution in [0.4, 0.5) is 11.4 Å². The molecule has 2 aromatic rings. The summed E-state index contributed by atoms with van der Waals surface area (Å²) in [5.41, 5.74) is 3.76. The van der Waals surface area contributed by atoms with Gasteiger partial charge in [0, 0.05) is 12.6 Å². The number of hydrogen-bond acceptors (Lipinski definition) is 4. The minimum absolute atomic E-state index is 0.293. The molecular weight excluding hydrogens is 406 g/mol. The Balaban J connectivity index is 1.29. The molecule has 0 heterocycles. The number of hydrogen-bond donors (Lipinski definition) is 3. The van der Waals surface area contributed by atoms with E-state index in [4.69, 9.17) is 0 Å². The van der Waals surface area contributed by atoms with Gasteiger partial charge in [-0.25, -0.2) is 13.1 Å². The van der Waals surface area contributed by atoms with Gasteiger partial charge in [-0.2, -0.15) is 0 Å². The Morgan fingerprint density at radius 2 is 1.65 bits per heavy atom. The minimum atomic E-state index is -3.49. The molecule has 5 nitrogen and oxygen atoms in total. The number of benzene rings is 2. The monoisotopic (exact) mass is 437 g/mol. The van der Waals surface area contributed by atoms with Gasteiger partial charge in [0.05, 0.1) is 16.3 Å². The zero-order valence-corrected chi connectivity index (χ0v) is 18.8. The van der Waals surface area contributed by atoms with E-state index < -0.39 is 10.0 Å². The Hall–Kier alpha value is -2.05. The van der Waals surface area contributed by atoms with Gasteiger partial charge in [-0.15, -0.1) is 0 Å². The van der Waals surface area contributed by atoms with Gasteiger partial charge in [0.25, 0.3) is 0 Å². The van der Waals surface area contributed by atoms with Crippen LogP contribution in [0.3, 0.4) is 0 Å². The third-order valence-electron chi connectivity index (χ3n) is 8.89. The maximum Gasteiger partial charge on any atom is 0.240 e. The standard InChI is InChI=1S/C25H31N3O2S/c1-26-31(29,30)21-7-8-22(23(12-21)27-15-16-5-3-2-4-6-16)28-24-17-9-19-11-20-10-18(24)14-25(19,20)13-17/h2-8,12,17-20,24,26-28H,9-11,13-15H2,1H3. The highest BCUT2D eigenvalue weighted by Gasteiger charge is 2.68. The Morgan fingerprint density at radius 3 is 2.32 bits per heavy atom. The molecule has 4 aliphatic rings. The molecule has 0 aromatic heterocycles. The van der Waals surface area contributed by atoms with E-state index in [1.54, 1.807) is 12.1 Å². The van der Waals surface area contributed by atoms with Crippen LogP contribution in [-0.4, -0.2) is 21.5 Å². The average Bonchev–Trinajstić information content (AvgIpc) is 3.17. The third kappa shape index (κ3) is 3.02. The lowest BCUT2D eigenvalue weighted by Gasteiger charge is -2.49. The Labute approximate surface area is 185 Å². The van der Waals surface area contributed by atoms with E-state index in [9.17, 15) is 8.42 Å². The molecule has 4 aliphatic carbocycles. The average molecular weight is 438 g/mol. The Morgan fingerprint density at radius 1 is 0.935 bits per heavy atom. The second-order valence-electron chi connectivity index (χ2n) is 10.2. The Bertz CT molecular complexity index is 1080. The first-order valence-electron chi connectivity index (χ1n) is 11.6. The number of sulfonamides is 1. The number of rotatable bonds is 7. The van der Waals surface area contributed by atoms with E-state index in [1.165, 1.54) is 44.7 Å². The van der Waals surface area contributed by atoms with Crippen molar-refractivity contribution in [2.45, 2.75) is 49.6 Å². The van der Waals surface area contributed by atoms with Crippen molar-refractivity contribution >= 4 is 21.4 Å². The van der Waals surface area contributed by atoms with Crippen molar-refractivity contribution in [3.63, 3.8) is 0 Å². The fourth-order valence-electron chi connectivity index (χ4n) is 7.49. The van der Waals surface area contributed by atoms with Crippen LogP contribution in [0.15, 0.2) is 53.4 Å². The molecule has 0 saturated heterocycles. The van der Waals surface area contributed by atoms with Gasteiger partial charge in [0.1, 0.15) is 0 Å². The quantitative estimate of drug-likeness (QED) is 0.599. The van der Waals surface area contributed by atoms with Crippen LogP contribution in [0.5, 0.6) is 0 Å². The first kappa shape index (κ1) is 19.6. The molecule has 31 heavy (non-hydrogen) atoms. The molecule has 4 atom stereocenters. The van der Waals surface area contributed by atoms with Gasteiger partial charge in [-0.1, -0.05) is 30.3 Å². The van der Waals surface area contributed by atoms with Crippen LogP contribution in [0.25, 0.3) is 0 Å². The van der Waals surface area contributed by atoms with Crippen LogP contribution in [0.1, 0.15) is 37.7 Å². The van der Waals surface area contributed by atoms with Crippen LogP contribution in [0, 0.1) is 29.1 Å². The van der Waals surface area contributed by atoms with Crippen molar-refractivity contribution in [2.75, 3.05) is 17.7 Å². The normalized spacial score (nSPS) is 34.9. The number of nitrogens with one attached hydrogen (secondary N) is 3. The van der Waals surface area contributed by atoms with Crippen LogP contribution in [-0.2, 0) is 16.6 Å². The molecule has 6 heteroatoms. The first-order valence-corrected chi connectivity index (χ1v) is 13.1. The van der Waals surface area contributed by atoms with Crippen molar-refractivity contribution in [3.8, 4) is 0 Å². The van der Waals surface area contributed by atoms with E-state index in [-0.39, 0.29) is 0 Å². The molecule has 3 N–H and O–H groups in total. The molecular formula is C25H31N3O2S. The second kappa shape index (κ2) is 6.97. The summed E-state index contributed by atoms with van der Waals surface area (Å²) in [5, 5.41) is 7.40. The lowest BCUT2D eigenvalue weighted by Crippen LogP contribution is -2.42. The highest BCUT2D eigenvalue weighted by Crippen LogP contribution is 2.75. The van der Waals surface area contributed by atoms with Crippen LogP contribution < -0.4 is 15.4 Å². The largest absolute Gasteiger partial charge is 0.380 e. The highest BCUT2D eigenvalue weighted by molar-refractivity contribution is 7.89. The van der Waals surface area contributed by atoms with E-state index in [0.717, 1.165) is 35.0 Å². The summed E-state index contributed by atoms with van der Waals surface area (Å²) < 4.78 is 27.3. The van der Waals surface area contributed by atoms with Gasteiger partial charge < -0.3 is 10.6 Å². The van der Waals surface area contributed by atoms with Crippen molar-refractivity contribution in [2.24, 2.45) is 29.1 Å². The maximum atomic E-state index is 12.4. The van der Waals surface area contributed by atoms with Crippen LogP contribution in [0.2, 0.25) is 0 Å². The third-order valence-corrected chi connectivity index (χ3v) is 10.3. The summed E-state index contributed by atoms with van der Waals surface area (Å²) in [4.78, 5) is 0.293. The fraction of sp³-hybridized carbons (Fsp3) is 0.520. The summed E-state index contributed by atoms with van der Waals surface area (Å²) in [6.45, 7) is 0.656. The molecule has 6 rings (SSSR count). The molecule has 0 radical (unpaired) electrons. The summed E-state index contributed by atoms with van der Waals surface area (Å²) in [7, 11) is -2.03. The van der Waals surface area contributed by atoms with E-state index in [2.05, 4.69) is 27.5 Å². The molecule has 1 spiro atoms. The topological polar surface area (TPSA) is 70.2 Å². The zero-order chi connectivity index (χ0) is 21.2. The summed E-state index contributed by atoms with van der Waals surface area (Å²) in [6.07, 6.45) is 7.03. The molecule has 4 unspecified atom stereocenters. The summed E-state index contributed by atoms with van der Waals surface area (Å²) in [5.74, 6) is 3.47. The Kier molecular flexibility index (Phi) is 4.41. The van der Waals surface area contributed by atoms with Gasteiger partial charge in [0.2, 0.25) is 10.0 Å². The predicted octanol–water partition coefficient (Wildman–Crippen LogP) is 4.44. The molecule has 4 fully saturated rings. The van der Waals surface area contributed by atoms with Gasteiger partial charge in [-0.3, -0.25) is 0 Å². The van der Waals surface area contributed by atoms with Crippen molar-refractivity contribution in [3.05, 3.63) is 54.1 Å². The summed E-state index contributed by atoms with van der Waals surface area (Å²) in [6, 6.07) is 16.2. The fourth-order valence-corrected chi connectivity index (χ4v) is 8.25. The van der Waals surface area contributed by atoms with Crippen LogP contribution >= 0.6 is 0 Å².